The van der Waals surface area contributed by atoms with E-state index in [-0.39, 0.29) is 5.91 Å². The molecule has 7 heteroatoms. The summed E-state index contributed by atoms with van der Waals surface area (Å²) in [5.74, 6) is 1.17. The van der Waals surface area contributed by atoms with Gasteiger partial charge in [0, 0.05) is 16.1 Å². The number of nitrogens with one attached hydrogen (secondary N) is 2. The molecule has 2 N–H and O–H groups in total. The number of carbonyl (C=O) groups excluding carboxylic acids is 1. The third-order valence-corrected chi connectivity index (χ3v) is 4.61. The normalized spacial score (nSPS) is 11.1. The van der Waals surface area contributed by atoms with Crippen LogP contribution in [-0.2, 0) is 0 Å². The summed E-state index contributed by atoms with van der Waals surface area (Å²) in [6, 6.07) is 20.0. The van der Waals surface area contributed by atoms with Crippen LogP contribution in [0.25, 0.3) is 22.4 Å². The molecule has 0 saturated heterocycles. The maximum atomic E-state index is 12.4. The molecule has 0 aliphatic carbocycles. The molecular weight excluding hydrogens is 388 g/mol. The van der Waals surface area contributed by atoms with Crippen LogP contribution in [0.2, 0.25) is 5.02 Å². The van der Waals surface area contributed by atoms with Gasteiger partial charge in [0.1, 0.15) is 11.6 Å². The number of methoxy groups -OCH3 is 1. The minimum absolute atomic E-state index is 0.306. The number of H-pyrrole nitrogens is 1. The largest absolute Gasteiger partial charge is 0.497 e. The van der Waals surface area contributed by atoms with Crippen molar-refractivity contribution in [3.8, 4) is 17.1 Å². The van der Waals surface area contributed by atoms with Gasteiger partial charge in [-0.1, -0.05) is 11.6 Å². The van der Waals surface area contributed by atoms with Gasteiger partial charge in [-0.15, -0.1) is 0 Å². The second-order valence-electron chi connectivity index (χ2n) is 6.30. The van der Waals surface area contributed by atoms with E-state index in [1.54, 1.807) is 31.5 Å². The average Bonchev–Trinajstić information content (AvgIpc) is 3.18. The van der Waals surface area contributed by atoms with Crippen molar-refractivity contribution < 1.29 is 9.53 Å². The highest BCUT2D eigenvalue weighted by molar-refractivity contribution is 6.30. The van der Waals surface area contributed by atoms with Crippen molar-refractivity contribution in [3.63, 3.8) is 0 Å². The number of aromatic nitrogens is 2. The zero-order valence-corrected chi connectivity index (χ0v) is 16.3. The highest BCUT2D eigenvalue weighted by atomic mass is 35.5. The number of halogens is 1. The Hall–Kier alpha value is -3.64. The number of amides is 1. The van der Waals surface area contributed by atoms with E-state index in [4.69, 9.17) is 16.3 Å². The van der Waals surface area contributed by atoms with Crippen LogP contribution >= 0.6 is 11.6 Å². The Morgan fingerprint density at radius 1 is 1.10 bits per heavy atom. The van der Waals surface area contributed by atoms with Crippen molar-refractivity contribution in [3.05, 3.63) is 82.9 Å². The third kappa shape index (κ3) is 4.28. The molecule has 3 aromatic carbocycles. The average molecular weight is 405 g/mol. The first-order valence-corrected chi connectivity index (χ1v) is 9.23. The minimum Gasteiger partial charge on any atom is -0.497 e. The van der Waals surface area contributed by atoms with Gasteiger partial charge < -0.3 is 9.72 Å². The van der Waals surface area contributed by atoms with Gasteiger partial charge >= 0.3 is 0 Å². The van der Waals surface area contributed by atoms with E-state index in [1.165, 1.54) is 0 Å². The van der Waals surface area contributed by atoms with Crippen LogP contribution in [0.3, 0.4) is 0 Å². The summed E-state index contributed by atoms with van der Waals surface area (Å²) in [6.45, 7) is 0. The summed E-state index contributed by atoms with van der Waals surface area (Å²) in [5.41, 5.74) is 6.32. The van der Waals surface area contributed by atoms with Gasteiger partial charge in [0.15, 0.2) is 0 Å². The number of hydrazone groups is 1. The third-order valence-electron chi connectivity index (χ3n) is 4.36. The SMILES string of the molecule is COc1ccc(/C=N\NC(=O)c2ccc3nc(-c4ccc(Cl)cc4)[nH]c3c2)cc1. The number of rotatable bonds is 5. The predicted octanol–water partition coefficient (Wildman–Crippen LogP) is 4.66. The van der Waals surface area contributed by atoms with Crippen molar-refractivity contribution in [1.82, 2.24) is 15.4 Å². The van der Waals surface area contributed by atoms with Crippen molar-refractivity contribution in [1.29, 1.82) is 0 Å². The number of imidazole rings is 1. The number of hydrogen-bond acceptors (Lipinski definition) is 4. The molecule has 1 amide bonds. The lowest BCUT2D eigenvalue weighted by Crippen LogP contribution is -2.17. The molecule has 1 heterocycles. The zero-order valence-electron chi connectivity index (χ0n) is 15.5. The molecular formula is C22H17ClN4O2. The molecule has 0 aliphatic heterocycles. The first kappa shape index (κ1) is 18.7. The first-order valence-electron chi connectivity index (χ1n) is 8.85. The molecule has 0 atom stereocenters. The number of aromatic amines is 1. The Labute approximate surface area is 172 Å². The molecule has 0 fully saturated rings. The fourth-order valence-electron chi connectivity index (χ4n) is 2.82. The molecule has 0 bridgehead atoms. The summed E-state index contributed by atoms with van der Waals surface area (Å²) in [6.07, 6.45) is 1.57. The molecule has 29 heavy (non-hydrogen) atoms. The van der Waals surface area contributed by atoms with E-state index in [1.807, 2.05) is 48.5 Å². The minimum atomic E-state index is -0.306. The van der Waals surface area contributed by atoms with E-state index in [0.29, 0.717) is 16.4 Å². The van der Waals surface area contributed by atoms with Gasteiger partial charge in [0.05, 0.1) is 24.4 Å². The first-order chi connectivity index (χ1) is 14.1. The lowest BCUT2D eigenvalue weighted by molar-refractivity contribution is 0.0955. The van der Waals surface area contributed by atoms with Crippen LogP contribution in [0.4, 0.5) is 0 Å². The van der Waals surface area contributed by atoms with Crippen LogP contribution in [0.5, 0.6) is 5.75 Å². The summed E-state index contributed by atoms with van der Waals surface area (Å²) in [5, 5.41) is 4.68. The Balaban J connectivity index is 1.48. The van der Waals surface area contributed by atoms with Crippen LogP contribution in [0, 0.1) is 0 Å². The number of nitrogens with zero attached hydrogens (tertiary/aromatic N) is 2. The number of hydrogen-bond donors (Lipinski definition) is 2. The number of carbonyl (C=O) groups is 1. The molecule has 0 radical (unpaired) electrons. The van der Waals surface area contributed by atoms with E-state index >= 15 is 0 Å². The van der Waals surface area contributed by atoms with Gasteiger partial charge in [-0.2, -0.15) is 5.10 Å². The van der Waals surface area contributed by atoms with E-state index in [9.17, 15) is 4.79 Å². The van der Waals surface area contributed by atoms with Gasteiger partial charge in [0.25, 0.3) is 5.91 Å². The number of ether oxygens (including phenoxy) is 1. The smallest absolute Gasteiger partial charge is 0.271 e. The number of benzene rings is 3. The van der Waals surface area contributed by atoms with E-state index in [0.717, 1.165) is 27.9 Å². The lowest BCUT2D eigenvalue weighted by atomic mass is 10.2. The highest BCUT2D eigenvalue weighted by Crippen LogP contribution is 2.22. The highest BCUT2D eigenvalue weighted by Gasteiger charge is 2.09. The molecule has 0 spiro atoms. The summed E-state index contributed by atoms with van der Waals surface area (Å²) < 4.78 is 5.11. The van der Waals surface area contributed by atoms with Crippen LogP contribution in [-0.4, -0.2) is 29.2 Å². The predicted molar refractivity (Wildman–Crippen MR) is 115 cm³/mol. The second-order valence-corrected chi connectivity index (χ2v) is 6.73. The van der Waals surface area contributed by atoms with Crippen molar-refractivity contribution >= 4 is 34.8 Å². The topological polar surface area (TPSA) is 79.4 Å². The second kappa shape index (κ2) is 8.16. The molecule has 4 aromatic rings. The lowest BCUT2D eigenvalue weighted by Gasteiger charge is -2.01. The Morgan fingerprint density at radius 3 is 2.59 bits per heavy atom. The Morgan fingerprint density at radius 2 is 1.86 bits per heavy atom. The molecule has 4 rings (SSSR count). The van der Waals surface area contributed by atoms with Gasteiger partial charge in [-0.05, 0) is 72.3 Å². The maximum absolute atomic E-state index is 12.4. The van der Waals surface area contributed by atoms with Crippen molar-refractivity contribution in [2.24, 2.45) is 5.10 Å². The molecule has 6 nitrogen and oxygen atoms in total. The molecule has 1 aromatic heterocycles. The Kier molecular flexibility index (Phi) is 5.27. The molecule has 0 unspecified atom stereocenters. The Bertz CT molecular complexity index is 1180. The van der Waals surface area contributed by atoms with Gasteiger partial charge in [0.2, 0.25) is 0 Å². The maximum Gasteiger partial charge on any atom is 0.271 e. The van der Waals surface area contributed by atoms with Gasteiger partial charge in [-0.3, -0.25) is 4.79 Å². The summed E-state index contributed by atoms with van der Waals surface area (Å²) in [7, 11) is 1.61. The van der Waals surface area contributed by atoms with Crippen molar-refractivity contribution in [2.45, 2.75) is 0 Å². The van der Waals surface area contributed by atoms with Crippen LogP contribution in [0.1, 0.15) is 15.9 Å². The van der Waals surface area contributed by atoms with Crippen LogP contribution < -0.4 is 10.2 Å². The van der Waals surface area contributed by atoms with E-state index < -0.39 is 0 Å². The van der Waals surface area contributed by atoms with Gasteiger partial charge in [-0.25, -0.2) is 10.4 Å². The fraction of sp³-hybridized carbons (Fsp3) is 0.0455. The molecule has 0 saturated carbocycles. The fourth-order valence-corrected chi connectivity index (χ4v) is 2.94. The van der Waals surface area contributed by atoms with Crippen LogP contribution in [0.15, 0.2) is 71.8 Å². The van der Waals surface area contributed by atoms with Crippen molar-refractivity contribution in [2.75, 3.05) is 7.11 Å². The van der Waals surface area contributed by atoms with E-state index in [2.05, 4.69) is 20.5 Å². The monoisotopic (exact) mass is 404 g/mol. The molecule has 144 valence electrons. The zero-order chi connectivity index (χ0) is 20.2. The standard InChI is InChI=1S/C22H17ClN4O2/c1-29-18-9-2-14(3-10-18)13-24-27-22(28)16-6-11-19-20(12-16)26-21(25-19)15-4-7-17(23)8-5-15/h2-13H,1H3,(H,25,26)(H,27,28)/b24-13-. The summed E-state index contributed by atoms with van der Waals surface area (Å²) >= 11 is 5.94. The number of fused-ring (bicyclic) bond motifs is 1. The quantitative estimate of drug-likeness (QED) is 0.375. The molecule has 0 aliphatic rings. The summed E-state index contributed by atoms with van der Waals surface area (Å²) in [4.78, 5) is 20.2.